The molecular formula is C19H20O6S. The van der Waals surface area contributed by atoms with Crippen LogP contribution < -0.4 is 14.2 Å². The standard InChI is InChI=1S/C19H20O6S/c1-11-17(23-9-21-3)12(2)19-15(18(11)24-10-22-4)16(20)14(25-19)7-13-5-6-26-8-13/h5-8H,9-10H2,1-4H3/b14-7-. The van der Waals surface area contributed by atoms with E-state index in [1.54, 1.807) is 24.5 Å². The second-order valence-corrected chi connectivity index (χ2v) is 6.49. The van der Waals surface area contributed by atoms with E-state index in [4.69, 9.17) is 23.7 Å². The van der Waals surface area contributed by atoms with Gasteiger partial charge in [0, 0.05) is 25.3 Å². The molecule has 7 heteroatoms. The number of Topliss-reactive ketones (excluding diaryl/α,β-unsaturated/α-hetero) is 1. The predicted octanol–water partition coefficient (Wildman–Crippen LogP) is 3.95. The van der Waals surface area contributed by atoms with Crippen molar-refractivity contribution in [2.75, 3.05) is 27.8 Å². The highest BCUT2D eigenvalue weighted by Gasteiger charge is 2.36. The topological polar surface area (TPSA) is 63.2 Å². The average molecular weight is 376 g/mol. The van der Waals surface area contributed by atoms with Crippen molar-refractivity contribution in [3.8, 4) is 17.2 Å². The minimum Gasteiger partial charge on any atom is -0.467 e. The maximum Gasteiger partial charge on any atom is 0.235 e. The number of allylic oxidation sites excluding steroid dienone is 1. The van der Waals surface area contributed by atoms with Crippen LogP contribution in [-0.4, -0.2) is 33.6 Å². The first-order valence-corrected chi connectivity index (χ1v) is 8.89. The number of ketones is 1. The number of hydrogen-bond acceptors (Lipinski definition) is 7. The van der Waals surface area contributed by atoms with Crippen LogP contribution in [0.3, 0.4) is 0 Å². The lowest BCUT2D eigenvalue weighted by Crippen LogP contribution is -2.09. The third kappa shape index (κ3) is 3.33. The van der Waals surface area contributed by atoms with Crippen LogP contribution in [0.5, 0.6) is 17.2 Å². The number of carbonyl (C=O) groups excluding carboxylic acids is 1. The number of ether oxygens (including phenoxy) is 5. The van der Waals surface area contributed by atoms with Crippen molar-refractivity contribution >= 4 is 23.2 Å². The number of hydrogen-bond donors (Lipinski definition) is 0. The summed E-state index contributed by atoms with van der Waals surface area (Å²) in [4.78, 5) is 13.0. The summed E-state index contributed by atoms with van der Waals surface area (Å²) in [5.74, 6) is 1.45. The molecule has 0 fully saturated rings. The third-order valence-corrected chi connectivity index (χ3v) is 4.66. The van der Waals surface area contributed by atoms with Crippen molar-refractivity contribution in [3.05, 3.63) is 44.8 Å². The molecule has 0 radical (unpaired) electrons. The SMILES string of the molecule is COCOc1c(C)c(OCOC)c2c(c1C)O/C(=C\c1ccsc1)C2=O. The molecule has 1 aromatic carbocycles. The first-order chi connectivity index (χ1) is 12.6. The lowest BCUT2D eigenvalue weighted by Gasteiger charge is -2.18. The number of thiophene rings is 1. The fraction of sp³-hybridized carbons (Fsp3) is 0.316. The van der Waals surface area contributed by atoms with Crippen molar-refractivity contribution in [2.45, 2.75) is 13.8 Å². The fourth-order valence-corrected chi connectivity index (χ4v) is 3.43. The second kappa shape index (κ2) is 7.90. The average Bonchev–Trinajstić information content (AvgIpc) is 3.25. The van der Waals surface area contributed by atoms with E-state index in [1.165, 1.54) is 7.11 Å². The van der Waals surface area contributed by atoms with Crippen molar-refractivity contribution in [1.29, 1.82) is 0 Å². The van der Waals surface area contributed by atoms with Gasteiger partial charge in [-0.1, -0.05) is 0 Å². The molecule has 1 aromatic heterocycles. The Kier molecular flexibility index (Phi) is 5.61. The van der Waals surface area contributed by atoms with Gasteiger partial charge in [0.15, 0.2) is 19.3 Å². The van der Waals surface area contributed by atoms with Crippen molar-refractivity contribution in [1.82, 2.24) is 0 Å². The highest BCUT2D eigenvalue weighted by Crippen LogP contribution is 2.48. The van der Waals surface area contributed by atoms with Crippen molar-refractivity contribution in [2.24, 2.45) is 0 Å². The highest BCUT2D eigenvalue weighted by molar-refractivity contribution is 7.08. The molecule has 1 aliphatic rings. The maximum atomic E-state index is 13.0. The van der Waals surface area contributed by atoms with Crippen molar-refractivity contribution in [3.63, 3.8) is 0 Å². The first kappa shape index (κ1) is 18.4. The quantitative estimate of drug-likeness (QED) is 0.539. The highest BCUT2D eigenvalue weighted by atomic mass is 32.1. The summed E-state index contributed by atoms with van der Waals surface area (Å²) in [6.07, 6.45) is 1.73. The van der Waals surface area contributed by atoms with Gasteiger partial charge in [0.2, 0.25) is 5.78 Å². The summed E-state index contributed by atoms with van der Waals surface area (Å²) in [5, 5.41) is 3.89. The zero-order valence-corrected chi connectivity index (χ0v) is 15.9. The third-order valence-electron chi connectivity index (χ3n) is 3.96. The largest absolute Gasteiger partial charge is 0.467 e. The van der Waals surface area contributed by atoms with Gasteiger partial charge in [-0.3, -0.25) is 4.79 Å². The number of fused-ring (bicyclic) bond motifs is 1. The van der Waals surface area contributed by atoms with Gasteiger partial charge < -0.3 is 23.7 Å². The second-order valence-electron chi connectivity index (χ2n) is 5.71. The molecule has 0 aliphatic carbocycles. The molecule has 0 bridgehead atoms. The number of rotatable bonds is 7. The van der Waals surface area contributed by atoms with E-state index in [1.807, 2.05) is 30.7 Å². The summed E-state index contributed by atoms with van der Waals surface area (Å²) in [7, 11) is 3.06. The normalized spacial score (nSPS) is 14.5. The molecule has 0 atom stereocenters. The van der Waals surface area contributed by atoms with Gasteiger partial charge in [-0.15, -0.1) is 0 Å². The summed E-state index contributed by atoms with van der Waals surface area (Å²) in [5.41, 5.74) is 2.73. The molecule has 0 unspecified atom stereocenters. The maximum absolute atomic E-state index is 13.0. The molecule has 2 aromatic rings. The Morgan fingerprint density at radius 2 is 1.77 bits per heavy atom. The molecule has 0 saturated heterocycles. The summed E-state index contributed by atoms with van der Waals surface area (Å²) < 4.78 is 27.3. The van der Waals surface area contributed by atoms with E-state index in [-0.39, 0.29) is 25.1 Å². The minimum atomic E-state index is -0.221. The Bertz CT molecular complexity index is 838. The fourth-order valence-electron chi connectivity index (χ4n) is 2.82. The summed E-state index contributed by atoms with van der Waals surface area (Å²) >= 11 is 1.55. The molecule has 2 heterocycles. The molecule has 0 spiro atoms. The van der Waals surface area contributed by atoms with E-state index in [0.29, 0.717) is 28.4 Å². The van der Waals surface area contributed by atoms with Gasteiger partial charge in [-0.05, 0) is 42.3 Å². The minimum absolute atomic E-state index is 0.0108. The lowest BCUT2D eigenvalue weighted by atomic mass is 10.00. The molecule has 3 rings (SSSR count). The Morgan fingerprint density at radius 3 is 2.38 bits per heavy atom. The Morgan fingerprint density at radius 1 is 1.08 bits per heavy atom. The van der Waals surface area contributed by atoms with Crippen LogP contribution >= 0.6 is 11.3 Å². The van der Waals surface area contributed by atoms with E-state index in [0.717, 1.165) is 11.1 Å². The molecule has 0 N–H and O–H groups in total. The molecule has 6 nitrogen and oxygen atoms in total. The van der Waals surface area contributed by atoms with Gasteiger partial charge in [-0.2, -0.15) is 11.3 Å². The van der Waals surface area contributed by atoms with Gasteiger partial charge in [0.05, 0.1) is 0 Å². The Hall–Kier alpha value is -2.35. The zero-order valence-electron chi connectivity index (χ0n) is 15.1. The monoisotopic (exact) mass is 376 g/mol. The van der Waals surface area contributed by atoms with E-state index < -0.39 is 0 Å². The van der Waals surface area contributed by atoms with Crippen LogP contribution in [0.4, 0.5) is 0 Å². The molecule has 26 heavy (non-hydrogen) atoms. The molecule has 0 saturated carbocycles. The van der Waals surface area contributed by atoms with Crippen LogP contribution in [0.15, 0.2) is 22.6 Å². The van der Waals surface area contributed by atoms with Gasteiger partial charge in [0.25, 0.3) is 0 Å². The predicted molar refractivity (Wildman–Crippen MR) is 98.2 cm³/mol. The number of benzene rings is 1. The number of methoxy groups -OCH3 is 2. The van der Waals surface area contributed by atoms with E-state index in [2.05, 4.69) is 0 Å². The smallest absolute Gasteiger partial charge is 0.235 e. The van der Waals surface area contributed by atoms with E-state index >= 15 is 0 Å². The van der Waals surface area contributed by atoms with E-state index in [9.17, 15) is 4.79 Å². The summed E-state index contributed by atoms with van der Waals surface area (Å²) in [6.45, 7) is 3.77. The molecule has 0 amide bonds. The lowest BCUT2D eigenvalue weighted by molar-refractivity contribution is 0.0443. The molecular weight excluding hydrogens is 356 g/mol. The van der Waals surface area contributed by atoms with Crippen LogP contribution in [0.1, 0.15) is 27.0 Å². The van der Waals surface area contributed by atoms with Crippen LogP contribution in [-0.2, 0) is 9.47 Å². The molecule has 1 aliphatic heterocycles. The van der Waals surface area contributed by atoms with Gasteiger partial charge in [-0.25, -0.2) is 0 Å². The van der Waals surface area contributed by atoms with Gasteiger partial charge >= 0.3 is 0 Å². The van der Waals surface area contributed by atoms with Crippen LogP contribution in [0.2, 0.25) is 0 Å². The number of carbonyl (C=O) groups is 1. The van der Waals surface area contributed by atoms with Crippen molar-refractivity contribution < 1.29 is 28.5 Å². The Labute approximate surface area is 155 Å². The summed E-state index contributed by atoms with van der Waals surface area (Å²) in [6, 6.07) is 1.92. The molecule has 138 valence electrons. The van der Waals surface area contributed by atoms with Crippen LogP contribution in [0.25, 0.3) is 6.08 Å². The Balaban J connectivity index is 2.10. The zero-order chi connectivity index (χ0) is 18.7. The van der Waals surface area contributed by atoms with Crippen LogP contribution in [0, 0.1) is 13.8 Å². The first-order valence-electron chi connectivity index (χ1n) is 7.95. The van der Waals surface area contributed by atoms with Gasteiger partial charge in [0.1, 0.15) is 22.8 Å².